The van der Waals surface area contributed by atoms with E-state index < -0.39 is 4.92 Å². The van der Waals surface area contributed by atoms with Crippen LogP contribution in [0.2, 0.25) is 5.02 Å². The van der Waals surface area contributed by atoms with Crippen molar-refractivity contribution in [3.8, 4) is 0 Å². The number of hydrogen-bond donors (Lipinski definition) is 0. The van der Waals surface area contributed by atoms with Crippen molar-refractivity contribution in [2.45, 2.75) is 6.42 Å². The van der Waals surface area contributed by atoms with Gasteiger partial charge in [0.1, 0.15) is 0 Å². The Kier molecular flexibility index (Phi) is 5.85. The average molecular weight is 374 g/mol. The average Bonchev–Trinajstić information content (AvgIpc) is 2.67. The Hall–Kier alpha value is -2.44. The van der Waals surface area contributed by atoms with E-state index >= 15 is 0 Å². The molecule has 2 aromatic rings. The quantitative estimate of drug-likeness (QED) is 0.596. The zero-order chi connectivity index (χ0) is 18.5. The van der Waals surface area contributed by atoms with Crippen LogP contribution >= 0.6 is 11.6 Å². The molecule has 0 saturated carbocycles. The van der Waals surface area contributed by atoms with Crippen LogP contribution in [0, 0.1) is 10.1 Å². The van der Waals surface area contributed by atoms with Crippen molar-refractivity contribution in [2.75, 3.05) is 32.7 Å². The number of amides is 1. The third kappa shape index (κ3) is 4.39. The lowest BCUT2D eigenvalue weighted by atomic mass is 10.1. The van der Waals surface area contributed by atoms with Crippen LogP contribution in [0.3, 0.4) is 0 Å². The Balaban J connectivity index is 1.57. The molecule has 136 valence electrons. The zero-order valence-electron chi connectivity index (χ0n) is 14.3. The molecule has 1 saturated heterocycles. The fraction of sp³-hybridized carbons (Fsp3) is 0.316. The first-order chi connectivity index (χ1) is 12.5. The SMILES string of the molecule is O=C(c1cc([N+](=O)[O-])ccc1Cl)N1CCN(CCc2ccccc2)CC1. The molecule has 0 bridgehead atoms. The van der Waals surface area contributed by atoms with E-state index in [4.69, 9.17) is 11.6 Å². The van der Waals surface area contributed by atoms with Crippen molar-refractivity contribution in [3.05, 3.63) is 74.8 Å². The van der Waals surface area contributed by atoms with Crippen LogP contribution in [-0.2, 0) is 6.42 Å². The van der Waals surface area contributed by atoms with Gasteiger partial charge in [0.25, 0.3) is 11.6 Å². The van der Waals surface area contributed by atoms with Crippen molar-refractivity contribution in [3.63, 3.8) is 0 Å². The van der Waals surface area contributed by atoms with Crippen LogP contribution < -0.4 is 0 Å². The minimum atomic E-state index is -0.519. The lowest BCUT2D eigenvalue weighted by Crippen LogP contribution is -2.49. The van der Waals surface area contributed by atoms with Crippen LogP contribution in [0.15, 0.2) is 48.5 Å². The predicted molar refractivity (Wildman–Crippen MR) is 101 cm³/mol. The number of piperazine rings is 1. The van der Waals surface area contributed by atoms with E-state index in [1.54, 1.807) is 4.90 Å². The monoisotopic (exact) mass is 373 g/mol. The number of rotatable bonds is 5. The number of nitro groups is 1. The van der Waals surface area contributed by atoms with Gasteiger partial charge in [0.15, 0.2) is 0 Å². The van der Waals surface area contributed by atoms with Crippen molar-refractivity contribution in [1.82, 2.24) is 9.80 Å². The second-order valence-corrected chi connectivity index (χ2v) is 6.70. The van der Waals surface area contributed by atoms with Gasteiger partial charge in [0.05, 0.1) is 15.5 Å². The minimum absolute atomic E-state index is 0.126. The molecule has 0 radical (unpaired) electrons. The number of nitro benzene ring substituents is 1. The molecule has 0 N–H and O–H groups in total. The van der Waals surface area contributed by atoms with E-state index in [0.717, 1.165) is 26.1 Å². The van der Waals surface area contributed by atoms with Crippen LogP contribution in [0.25, 0.3) is 0 Å². The molecule has 1 aliphatic rings. The molecule has 0 atom stereocenters. The van der Waals surface area contributed by atoms with Crippen molar-refractivity contribution >= 4 is 23.2 Å². The van der Waals surface area contributed by atoms with Crippen LogP contribution in [0.4, 0.5) is 5.69 Å². The summed E-state index contributed by atoms with van der Waals surface area (Å²) in [6.07, 6.45) is 0.978. The molecule has 1 aliphatic heterocycles. The number of carbonyl (C=O) groups is 1. The molecule has 1 heterocycles. The van der Waals surface area contributed by atoms with Gasteiger partial charge >= 0.3 is 0 Å². The van der Waals surface area contributed by atoms with Gasteiger partial charge in [-0.05, 0) is 18.1 Å². The Labute approximate surface area is 157 Å². The molecule has 0 aliphatic carbocycles. The fourth-order valence-corrected chi connectivity index (χ4v) is 3.27. The van der Waals surface area contributed by atoms with Gasteiger partial charge in [-0.15, -0.1) is 0 Å². The molecule has 0 unspecified atom stereocenters. The molecule has 7 heteroatoms. The standard InChI is InChI=1S/C19H20ClN3O3/c20-18-7-6-16(23(25)26)14-17(18)19(24)22-12-10-21(11-13-22)9-8-15-4-2-1-3-5-15/h1-7,14H,8-13H2. The predicted octanol–water partition coefficient (Wildman–Crippen LogP) is 3.25. The maximum atomic E-state index is 12.7. The summed E-state index contributed by atoms with van der Waals surface area (Å²) < 4.78 is 0. The second-order valence-electron chi connectivity index (χ2n) is 6.29. The number of hydrogen-bond acceptors (Lipinski definition) is 4. The third-order valence-corrected chi connectivity index (χ3v) is 4.94. The summed E-state index contributed by atoms with van der Waals surface area (Å²) in [5.41, 5.74) is 1.37. The van der Waals surface area contributed by atoms with Crippen molar-refractivity contribution in [1.29, 1.82) is 0 Å². The van der Waals surface area contributed by atoms with E-state index in [0.29, 0.717) is 13.1 Å². The molecule has 6 nitrogen and oxygen atoms in total. The molecule has 0 spiro atoms. The molecule has 3 rings (SSSR count). The molecular weight excluding hydrogens is 354 g/mol. The third-order valence-electron chi connectivity index (χ3n) is 4.61. The van der Waals surface area contributed by atoms with E-state index in [-0.39, 0.29) is 22.2 Å². The first-order valence-corrected chi connectivity index (χ1v) is 8.92. The van der Waals surface area contributed by atoms with Gasteiger partial charge in [-0.2, -0.15) is 0 Å². The van der Waals surface area contributed by atoms with Gasteiger partial charge in [0.2, 0.25) is 0 Å². The minimum Gasteiger partial charge on any atom is -0.336 e. The topological polar surface area (TPSA) is 66.7 Å². The number of carbonyl (C=O) groups excluding carboxylic acids is 1. The van der Waals surface area contributed by atoms with E-state index in [1.807, 2.05) is 18.2 Å². The largest absolute Gasteiger partial charge is 0.336 e. The summed E-state index contributed by atoms with van der Waals surface area (Å²) in [5.74, 6) is -0.249. The highest BCUT2D eigenvalue weighted by Gasteiger charge is 2.25. The zero-order valence-corrected chi connectivity index (χ0v) is 15.1. The number of halogens is 1. The van der Waals surface area contributed by atoms with Gasteiger partial charge in [-0.25, -0.2) is 0 Å². The Morgan fingerprint density at radius 3 is 2.42 bits per heavy atom. The Bertz CT molecular complexity index is 790. The second kappa shape index (κ2) is 8.29. The molecule has 1 amide bonds. The highest BCUT2D eigenvalue weighted by Crippen LogP contribution is 2.24. The summed E-state index contributed by atoms with van der Waals surface area (Å²) in [4.78, 5) is 27.1. The van der Waals surface area contributed by atoms with E-state index in [1.165, 1.54) is 23.8 Å². The smallest absolute Gasteiger partial charge is 0.270 e. The van der Waals surface area contributed by atoms with Gasteiger partial charge < -0.3 is 4.90 Å². The Morgan fingerprint density at radius 1 is 1.08 bits per heavy atom. The summed E-state index contributed by atoms with van der Waals surface area (Å²) >= 11 is 6.08. The number of non-ortho nitro benzene ring substituents is 1. The summed E-state index contributed by atoms with van der Waals surface area (Å²) in [5, 5.41) is 11.2. The maximum absolute atomic E-state index is 12.7. The normalized spacial score (nSPS) is 15.0. The van der Waals surface area contributed by atoms with Crippen molar-refractivity contribution < 1.29 is 9.72 Å². The lowest BCUT2D eigenvalue weighted by Gasteiger charge is -2.34. The first kappa shape index (κ1) is 18.4. The molecular formula is C19H20ClN3O3. The molecule has 1 fully saturated rings. The summed E-state index contributed by atoms with van der Waals surface area (Å²) in [7, 11) is 0. The van der Waals surface area contributed by atoms with Crippen LogP contribution in [-0.4, -0.2) is 53.4 Å². The molecule has 26 heavy (non-hydrogen) atoms. The van der Waals surface area contributed by atoms with Crippen LogP contribution in [0.1, 0.15) is 15.9 Å². The van der Waals surface area contributed by atoms with Gasteiger partial charge in [0, 0.05) is 44.9 Å². The Morgan fingerprint density at radius 2 is 1.77 bits per heavy atom. The molecule has 0 aromatic heterocycles. The highest BCUT2D eigenvalue weighted by molar-refractivity contribution is 6.33. The highest BCUT2D eigenvalue weighted by atomic mass is 35.5. The maximum Gasteiger partial charge on any atom is 0.270 e. The lowest BCUT2D eigenvalue weighted by molar-refractivity contribution is -0.384. The number of benzene rings is 2. The van der Waals surface area contributed by atoms with Gasteiger partial charge in [-0.1, -0.05) is 41.9 Å². The molecule has 2 aromatic carbocycles. The van der Waals surface area contributed by atoms with E-state index in [9.17, 15) is 14.9 Å². The fourth-order valence-electron chi connectivity index (χ4n) is 3.07. The summed E-state index contributed by atoms with van der Waals surface area (Å²) in [6.45, 7) is 3.69. The summed E-state index contributed by atoms with van der Waals surface area (Å²) in [6, 6.07) is 14.3. The van der Waals surface area contributed by atoms with Crippen LogP contribution in [0.5, 0.6) is 0 Å². The first-order valence-electron chi connectivity index (χ1n) is 8.54. The van der Waals surface area contributed by atoms with Crippen molar-refractivity contribution in [2.24, 2.45) is 0 Å². The number of nitrogens with zero attached hydrogens (tertiary/aromatic N) is 3. The van der Waals surface area contributed by atoms with E-state index in [2.05, 4.69) is 17.0 Å². The van der Waals surface area contributed by atoms with Gasteiger partial charge in [-0.3, -0.25) is 19.8 Å².